The maximum atomic E-state index is 5.34. The van der Waals surface area contributed by atoms with Crippen LogP contribution in [-0.4, -0.2) is 19.2 Å². The number of benzene rings is 1. The topological polar surface area (TPSA) is 31.4 Å². The van der Waals surface area contributed by atoms with E-state index in [2.05, 4.69) is 4.98 Å². The zero-order valence-electron chi connectivity index (χ0n) is 9.31. The van der Waals surface area contributed by atoms with Gasteiger partial charge in [0.2, 0.25) is 0 Å². The molecule has 0 radical (unpaired) electrons. The maximum absolute atomic E-state index is 5.34. The zero-order chi connectivity index (χ0) is 11.4. The van der Waals surface area contributed by atoms with Crippen molar-refractivity contribution in [2.45, 2.75) is 0 Å². The van der Waals surface area contributed by atoms with E-state index in [1.54, 1.807) is 26.6 Å². The predicted molar refractivity (Wildman–Crippen MR) is 62.8 cm³/mol. The number of ether oxygens (including phenoxy) is 2. The first-order chi connectivity index (χ1) is 7.85. The Kier molecular flexibility index (Phi) is 3.05. The quantitative estimate of drug-likeness (QED) is 0.788. The van der Waals surface area contributed by atoms with Gasteiger partial charge >= 0.3 is 0 Å². The molecule has 3 nitrogen and oxygen atoms in total. The van der Waals surface area contributed by atoms with Crippen molar-refractivity contribution in [2.24, 2.45) is 0 Å². The second kappa shape index (κ2) is 4.66. The molecule has 3 heteroatoms. The van der Waals surface area contributed by atoms with Crippen LogP contribution in [-0.2, 0) is 0 Å². The average Bonchev–Trinajstić information content (AvgIpc) is 2.39. The van der Waals surface area contributed by atoms with Gasteiger partial charge in [-0.3, -0.25) is 4.98 Å². The average molecular weight is 215 g/mol. The number of hydrogen-bond acceptors (Lipinski definition) is 3. The van der Waals surface area contributed by atoms with Crippen LogP contribution in [0.2, 0.25) is 0 Å². The molecule has 0 unspecified atom stereocenters. The third-order valence-electron chi connectivity index (χ3n) is 2.40. The summed E-state index contributed by atoms with van der Waals surface area (Å²) >= 11 is 0. The molecule has 16 heavy (non-hydrogen) atoms. The molecule has 2 rings (SSSR count). The molecule has 0 aliphatic heterocycles. The lowest BCUT2D eigenvalue weighted by atomic mass is 10.1. The van der Waals surface area contributed by atoms with Crippen molar-refractivity contribution < 1.29 is 9.47 Å². The number of hydrogen-bond donors (Lipinski definition) is 0. The molecule has 0 fully saturated rings. The first kappa shape index (κ1) is 10.5. The van der Waals surface area contributed by atoms with E-state index in [4.69, 9.17) is 9.47 Å². The van der Waals surface area contributed by atoms with Crippen LogP contribution in [0.15, 0.2) is 42.7 Å². The molecule has 2 aromatic rings. The number of nitrogens with zero attached hydrogens (tertiary/aromatic N) is 1. The number of pyridine rings is 1. The van der Waals surface area contributed by atoms with E-state index < -0.39 is 0 Å². The number of methoxy groups -OCH3 is 2. The summed E-state index contributed by atoms with van der Waals surface area (Å²) in [6, 6.07) is 9.66. The molecule has 0 aliphatic rings. The summed E-state index contributed by atoms with van der Waals surface area (Å²) in [6.07, 6.45) is 3.53. The summed E-state index contributed by atoms with van der Waals surface area (Å²) in [4.78, 5) is 3.99. The Balaban J connectivity index is 2.49. The van der Waals surface area contributed by atoms with Gasteiger partial charge in [-0.15, -0.1) is 0 Å². The lowest BCUT2D eigenvalue weighted by Crippen LogP contribution is -1.90. The highest BCUT2D eigenvalue weighted by molar-refractivity contribution is 5.71. The molecule has 0 saturated heterocycles. The third-order valence-corrected chi connectivity index (χ3v) is 2.40. The zero-order valence-corrected chi connectivity index (χ0v) is 9.31. The number of aromatic nitrogens is 1. The normalized spacial score (nSPS) is 9.88. The molecule has 0 spiro atoms. The smallest absolute Gasteiger partial charge is 0.130 e. The highest BCUT2D eigenvalue weighted by Gasteiger charge is 2.06. The van der Waals surface area contributed by atoms with E-state index in [0.29, 0.717) is 0 Å². The van der Waals surface area contributed by atoms with Crippen LogP contribution in [0.25, 0.3) is 11.1 Å². The molecule has 82 valence electrons. The standard InChI is InChI=1S/C13H13NO2/c1-15-11-3-4-12(13(9-11)16-2)10-5-7-14-8-6-10/h3-9H,1-2H3. The van der Waals surface area contributed by atoms with Gasteiger partial charge in [-0.25, -0.2) is 0 Å². The second-order valence-electron chi connectivity index (χ2n) is 3.30. The first-order valence-corrected chi connectivity index (χ1v) is 4.97. The molecule has 0 aliphatic carbocycles. The van der Waals surface area contributed by atoms with Gasteiger partial charge in [0.05, 0.1) is 14.2 Å². The third kappa shape index (κ3) is 1.98. The van der Waals surface area contributed by atoms with Gasteiger partial charge in [0, 0.05) is 24.0 Å². The molecule has 0 amide bonds. The van der Waals surface area contributed by atoms with Gasteiger partial charge in [0.15, 0.2) is 0 Å². The van der Waals surface area contributed by atoms with Crippen LogP contribution in [0, 0.1) is 0 Å². The Morgan fingerprint density at radius 2 is 1.69 bits per heavy atom. The fourth-order valence-corrected chi connectivity index (χ4v) is 1.57. The SMILES string of the molecule is COc1ccc(-c2ccncc2)c(OC)c1. The fourth-order valence-electron chi connectivity index (χ4n) is 1.57. The van der Waals surface area contributed by atoms with E-state index >= 15 is 0 Å². The van der Waals surface area contributed by atoms with Crippen LogP contribution in [0.3, 0.4) is 0 Å². The minimum absolute atomic E-state index is 0.787. The monoisotopic (exact) mass is 215 g/mol. The molecule has 0 N–H and O–H groups in total. The van der Waals surface area contributed by atoms with Crippen LogP contribution in [0.5, 0.6) is 11.5 Å². The van der Waals surface area contributed by atoms with E-state index in [1.165, 1.54) is 0 Å². The highest BCUT2D eigenvalue weighted by Crippen LogP contribution is 2.32. The molecular formula is C13H13NO2. The summed E-state index contributed by atoms with van der Waals surface area (Å²) in [5, 5.41) is 0. The van der Waals surface area contributed by atoms with Crippen molar-refractivity contribution in [3.05, 3.63) is 42.7 Å². The Hall–Kier alpha value is -2.03. The molecule has 0 saturated carbocycles. The molecule has 0 atom stereocenters. The Morgan fingerprint density at radius 1 is 0.938 bits per heavy atom. The van der Waals surface area contributed by atoms with Crippen molar-refractivity contribution in [2.75, 3.05) is 14.2 Å². The van der Waals surface area contributed by atoms with E-state index in [-0.39, 0.29) is 0 Å². The van der Waals surface area contributed by atoms with E-state index in [0.717, 1.165) is 22.6 Å². The van der Waals surface area contributed by atoms with Crippen molar-refractivity contribution >= 4 is 0 Å². The van der Waals surface area contributed by atoms with Crippen molar-refractivity contribution in [3.63, 3.8) is 0 Å². The Bertz CT molecular complexity index is 469. The van der Waals surface area contributed by atoms with Crippen LogP contribution in [0.4, 0.5) is 0 Å². The van der Waals surface area contributed by atoms with Crippen molar-refractivity contribution in [1.82, 2.24) is 4.98 Å². The predicted octanol–water partition coefficient (Wildman–Crippen LogP) is 2.77. The summed E-state index contributed by atoms with van der Waals surface area (Å²) < 4.78 is 10.5. The highest BCUT2D eigenvalue weighted by atomic mass is 16.5. The summed E-state index contributed by atoms with van der Waals surface area (Å²) in [5.74, 6) is 1.58. The van der Waals surface area contributed by atoms with Gasteiger partial charge in [-0.1, -0.05) is 0 Å². The van der Waals surface area contributed by atoms with Crippen molar-refractivity contribution in [1.29, 1.82) is 0 Å². The van der Waals surface area contributed by atoms with Gasteiger partial charge < -0.3 is 9.47 Å². The Morgan fingerprint density at radius 3 is 2.31 bits per heavy atom. The molecule has 1 heterocycles. The molecule has 1 aromatic carbocycles. The Labute approximate surface area is 94.7 Å². The lowest BCUT2D eigenvalue weighted by Gasteiger charge is -2.10. The molecular weight excluding hydrogens is 202 g/mol. The van der Waals surface area contributed by atoms with E-state index in [9.17, 15) is 0 Å². The van der Waals surface area contributed by atoms with Crippen LogP contribution >= 0.6 is 0 Å². The minimum Gasteiger partial charge on any atom is -0.497 e. The van der Waals surface area contributed by atoms with Gasteiger partial charge in [0.1, 0.15) is 11.5 Å². The molecule has 0 bridgehead atoms. The van der Waals surface area contributed by atoms with Crippen LogP contribution in [0.1, 0.15) is 0 Å². The van der Waals surface area contributed by atoms with Crippen LogP contribution < -0.4 is 9.47 Å². The van der Waals surface area contributed by atoms with Gasteiger partial charge in [-0.2, -0.15) is 0 Å². The summed E-state index contributed by atoms with van der Waals surface area (Å²) in [5.41, 5.74) is 2.11. The summed E-state index contributed by atoms with van der Waals surface area (Å²) in [6.45, 7) is 0. The number of rotatable bonds is 3. The minimum atomic E-state index is 0.787. The van der Waals surface area contributed by atoms with Gasteiger partial charge in [0.25, 0.3) is 0 Å². The van der Waals surface area contributed by atoms with Crippen molar-refractivity contribution in [3.8, 4) is 22.6 Å². The maximum Gasteiger partial charge on any atom is 0.130 e. The van der Waals surface area contributed by atoms with Gasteiger partial charge in [-0.05, 0) is 29.8 Å². The van der Waals surface area contributed by atoms with E-state index in [1.807, 2.05) is 30.3 Å². The second-order valence-corrected chi connectivity index (χ2v) is 3.30. The fraction of sp³-hybridized carbons (Fsp3) is 0.154. The lowest BCUT2D eigenvalue weighted by molar-refractivity contribution is 0.395. The molecule has 1 aromatic heterocycles. The summed E-state index contributed by atoms with van der Waals surface area (Å²) in [7, 11) is 3.29. The first-order valence-electron chi connectivity index (χ1n) is 4.97. The largest absolute Gasteiger partial charge is 0.497 e.